The number of aromatic nitrogens is 1. The van der Waals surface area contributed by atoms with Crippen LogP contribution in [0.15, 0.2) is 65.4 Å². The Labute approximate surface area is 180 Å². The molecule has 0 bridgehead atoms. The number of hydrogen-bond donors (Lipinski definition) is 2. The second-order valence-electron chi connectivity index (χ2n) is 7.66. The van der Waals surface area contributed by atoms with E-state index in [0.29, 0.717) is 18.7 Å². The maximum Gasteiger partial charge on any atom is 0.231 e. The molecule has 0 unspecified atom stereocenters. The zero-order chi connectivity index (χ0) is 21.2. The van der Waals surface area contributed by atoms with Gasteiger partial charge in [-0.05, 0) is 47.4 Å². The predicted octanol–water partition coefficient (Wildman–Crippen LogP) is 4.89. The Balaban J connectivity index is 1.49. The summed E-state index contributed by atoms with van der Waals surface area (Å²) in [6.45, 7) is 2.74. The van der Waals surface area contributed by atoms with Crippen molar-refractivity contribution in [1.82, 2.24) is 10.3 Å². The summed E-state index contributed by atoms with van der Waals surface area (Å²) in [5, 5.41) is 4.11. The zero-order valence-corrected chi connectivity index (χ0v) is 17.3. The maximum absolute atomic E-state index is 12.9. The number of para-hydroxylation sites is 1. The minimum atomic E-state index is -0.132. The Morgan fingerprint density at radius 2 is 2.03 bits per heavy atom. The molecule has 158 valence electrons. The number of aryl methyl sites for hydroxylation is 1. The second kappa shape index (κ2) is 8.22. The van der Waals surface area contributed by atoms with Gasteiger partial charge in [-0.3, -0.25) is 4.79 Å². The van der Waals surface area contributed by atoms with Crippen molar-refractivity contribution in [2.24, 2.45) is 0 Å². The summed E-state index contributed by atoms with van der Waals surface area (Å²) in [4.78, 5) is 16.3. The largest absolute Gasteiger partial charge is 0.467 e. The number of benzene rings is 2. The lowest BCUT2D eigenvalue weighted by molar-refractivity contribution is -0.121. The average molecular weight is 416 g/mol. The van der Waals surface area contributed by atoms with Crippen molar-refractivity contribution in [2.45, 2.75) is 32.2 Å². The van der Waals surface area contributed by atoms with Crippen molar-refractivity contribution >= 4 is 16.8 Å². The predicted molar refractivity (Wildman–Crippen MR) is 117 cm³/mol. The third kappa shape index (κ3) is 3.77. The molecule has 2 N–H and O–H groups in total. The van der Waals surface area contributed by atoms with Gasteiger partial charge in [-0.2, -0.15) is 0 Å². The first kappa shape index (κ1) is 19.3. The molecule has 2 aromatic heterocycles. The maximum atomic E-state index is 12.9. The molecular formula is C25H24N2O4. The van der Waals surface area contributed by atoms with Gasteiger partial charge in [-0.25, -0.2) is 0 Å². The van der Waals surface area contributed by atoms with Crippen molar-refractivity contribution in [3.05, 3.63) is 83.4 Å². The highest BCUT2D eigenvalue weighted by atomic mass is 16.7. The quantitative estimate of drug-likeness (QED) is 0.450. The Morgan fingerprint density at radius 3 is 2.87 bits per heavy atom. The van der Waals surface area contributed by atoms with Crippen molar-refractivity contribution < 1.29 is 18.7 Å². The minimum Gasteiger partial charge on any atom is -0.467 e. The number of carbonyl (C=O) groups excluding carboxylic acids is 1. The highest BCUT2D eigenvalue weighted by Gasteiger charge is 2.24. The monoisotopic (exact) mass is 416 g/mol. The lowest BCUT2D eigenvalue weighted by Crippen LogP contribution is -2.24. The van der Waals surface area contributed by atoms with E-state index in [1.807, 2.05) is 36.5 Å². The first-order chi connectivity index (χ1) is 15.2. The van der Waals surface area contributed by atoms with Crippen LogP contribution in [0.5, 0.6) is 11.5 Å². The number of hydrogen-bond acceptors (Lipinski definition) is 4. The first-order valence-corrected chi connectivity index (χ1v) is 10.5. The summed E-state index contributed by atoms with van der Waals surface area (Å²) < 4.78 is 16.4. The molecule has 2 aromatic carbocycles. The number of aromatic amines is 1. The van der Waals surface area contributed by atoms with Gasteiger partial charge < -0.3 is 24.2 Å². The number of carbonyl (C=O) groups is 1. The van der Waals surface area contributed by atoms with Crippen molar-refractivity contribution in [1.29, 1.82) is 0 Å². The zero-order valence-electron chi connectivity index (χ0n) is 17.3. The molecule has 0 spiro atoms. The average Bonchev–Trinajstić information content (AvgIpc) is 3.56. The summed E-state index contributed by atoms with van der Waals surface area (Å²) in [6, 6.07) is 15.9. The molecule has 6 nitrogen and oxygen atoms in total. The molecule has 5 rings (SSSR count). The van der Waals surface area contributed by atoms with E-state index in [0.717, 1.165) is 40.0 Å². The molecular weight excluding hydrogens is 392 g/mol. The number of nitrogens with one attached hydrogen (secondary N) is 2. The van der Waals surface area contributed by atoms with E-state index >= 15 is 0 Å². The molecule has 0 saturated carbocycles. The third-order valence-electron chi connectivity index (χ3n) is 5.82. The van der Waals surface area contributed by atoms with Crippen molar-refractivity contribution in [3.8, 4) is 11.5 Å². The number of fused-ring (bicyclic) bond motifs is 2. The summed E-state index contributed by atoms with van der Waals surface area (Å²) in [6.07, 6.45) is 4.88. The molecule has 0 aliphatic carbocycles. The normalized spacial score (nSPS) is 13.5. The van der Waals surface area contributed by atoms with Crippen LogP contribution in [-0.4, -0.2) is 17.7 Å². The number of furan rings is 1. The first-order valence-electron chi connectivity index (χ1n) is 10.5. The van der Waals surface area contributed by atoms with E-state index in [2.05, 4.69) is 35.4 Å². The molecule has 31 heavy (non-hydrogen) atoms. The molecule has 1 aliphatic heterocycles. The summed E-state index contributed by atoms with van der Waals surface area (Å²) >= 11 is 0. The van der Waals surface area contributed by atoms with E-state index < -0.39 is 0 Å². The number of ether oxygens (including phenoxy) is 2. The van der Waals surface area contributed by atoms with Gasteiger partial charge in [0.05, 0.1) is 12.8 Å². The molecule has 3 heterocycles. The molecule has 0 saturated heterocycles. The topological polar surface area (TPSA) is 76.5 Å². The van der Waals surface area contributed by atoms with Gasteiger partial charge >= 0.3 is 0 Å². The van der Waals surface area contributed by atoms with E-state index in [9.17, 15) is 4.79 Å². The van der Waals surface area contributed by atoms with Gasteiger partial charge in [-0.1, -0.05) is 31.2 Å². The molecule has 0 radical (unpaired) electrons. The number of H-pyrrole nitrogens is 1. The lowest BCUT2D eigenvalue weighted by atomic mass is 9.87. The van der Waals surface area contributed by atoms with Crippen LogP contribution in [0.25, 0.3) is 10.9 Å². The van der Waals surface area contributed by atoms with Gasteiger partial charge in [0.2, 0.25) is 12.7 Å². The van der Waals surface area contributed by atoms with Crippen LogP contribution in [0.3, 0.4) is 0 Å². The van der Waals surface area contributed by atoms with E-state index in [1.165, 1.54) is 5.56 Å². The van der Waals surface area contributed by atoms with E-state index in [1.54, 1.807) is 6.26 Å². The second-order valence-corrected chi connectivity index (χ2v) is 7.66. The Hall–Kier alpha value is -3.67. The highest BCUT2D eigenvalue weighted by Crippen LogP contribution is 2.39. The van der Waals surface area contributed by atoms with Gasteiger partial charge in [0.1, 0.15) is 5.76 Å². The van der Waals surface area contributed by atoms with Crippen LogP contribution in [0.2, 0.25) is 0 Å². The number of amides is 1. The Morgan fingerprint density at radius 1 is 1.13 bits per heavy atom. The lowest BCUT2D eigenvalue weighted by Gasteiger charge is -2.18. The van der Waals surface area contributed by atoms with Gasteiger partial charge in [0.25, 0.3) is 0 Å². The van der Waals surface area contributed by atoms with Gasteiger partial charge in [0.15, 0.2) is 11.5 Å². The van der Waals surface area contributed by atoms with Gasteiger partial charge in [-0.15, -0.1) is 0 Å². The molecule has 6 heteroatoms. The van der Waals surface area contributed by atoms with Crippen molar-refractivity contribution in [2.75, 3.05) is 6.79 Å². The fraction of sp³-hybridized carbons (Fsp3) is 0.240. The molecule has 1 atom stereocenters. The van der Waals surface area contributed by atoms with Crippen LogP contribution >= 0.6 is 0 Å². The fourth-order valence-corrected chi connectivity index (χ4v) is 4.22. The molecule has 1 aliphatic rings. The van der Waals surface area contributed by atoms with Crippen LogP contribution in [-0.2, 0) is 17.8 Å². The summed E-state index contributed by atoms with van der Waals surface area (Å²) in [5.41, 5.74) is 4.50. The molecule has 1 amide bonds. The van der Waals surface area contributed by atoms with Crippen LogP contribution < -0.4 is 14.8 Å². The highest BCUT2D eigenvalue weighted by molar-refractivity contribution is 5.88. The molecule has 4 aromatic rings. The SMILES string of the molecule is CCc1cccc2c([C@@H](CC(=O)NCc3ccco3)c3ccc4c(c3)OCO4)c[nH]c12. The van der Waals surface area contributed by atoms with E-state index in [4.69, 9.17) is 13.9 Å². The van der Waals surface area contributed by atoms with Gasteiger partial charge in [0, 0.05) is 29.4 Å². The fourth-order valence-electron chi connectivity index (χ4n) is 4.22. The summed E-state index contributed by atoms with van der Waals surface area (Å²) in [7, 11) is 0. The van der Waals surface area contributed by atoms with Crippen molar-refractivity contribution in [3.63, 3.8) is 0 Å². The van der Waals surface area contributed by atoms with Crippen LogP contribution in [0, 0.1) is 0 Å². The third-order valence-corrected chi connectivity index (χ3v) is 5.82. The van der Waals surface area contributed by atoms with Crippen LogP contribution in [0.1, 0.15) is 41.7 Å². The standard InChI is InChI=1S/C25H24N2O4/c1-2-16-5-3-7-19-21(14-27-25(16)19)20(12-24(28)26-13-18-6-4-10-29-18)17-8-9-22-23(11-17)31-15-30-22/h3-11,14,20,27H,2,12-13,15H2,1H3,(H,26,28)/t20-/m0/s1. The smallest absolute Gasteiger partial charge is 0.231 e. The Bertz CT molecular complexity index is 1210. The number of rotatable bonds is 7. The summed E-state index contributed by atoms with van der Waals surface area (Å²) in [5.74, 6) is 2.00. The van der Waals surface area contributed by atoms with E-state index in [-0.39, 0.29) is 18.6 Å². The van der Waals surface area contributed by atoms with Crippen LogP contribution in [0.4, 0.5) is 0 Å². The Kier molecular flexibility index (Phi) is 5.12. The minimum absolute atomic E-state index is 0.0416. The molecule has 0 fully saturated rings.